The average Bonchev–Trinajstić information content (AvgIpc) is 4.40. The van der Waals surface area contributed by atoms with Gasteiger partial charge in [-0.25, -0.2) is 19.9 Å². The molecule has 380 valence electrons. The standard InChI is InChI=1S/2C37H26N2O/c1-37(2)30-21-20-25(26-17-11-18-28-27-16-9-10-19-31(27)40-35(26)28)22-29(30)34-32(37)33(23-12-5-3-6-13-23)38-36(39-34)24-14-7-4-8-15-24;1-37(2)30-22-25(26-17-11-18-28-27-16-9-10-19-31(27)40-35(26)28)20-21-29(30)34-32(37)33(23-12-5-3-6-13-23)38-36(39-34)24-14-7-4-8-15-24/h2*3-22H,1-2H3. The highest BCUT2D eigenvalue weighted by atomic mass is 16.3. The highest BCUT2D eigenvalue weighted by molar-refractivity contribution is 6.11. The van der Waals surface area contributed by atoms with Crippen LogP contribution < -0.4 is 0 Å². The molecule has 6 nitrogen and oxygen atoms in total. The lowest BCUT2D eigenvalue weighted by molar-refractivity contribution is 0.657. The van der Waals surface area contributed by atoms with Gasteiger partial charge in [0.15, 0.2) is 11.6 Å². The van der Waals surface area contributed by atoms with E-state index >= 15 is 0 Å². The van der Waals surface area contributed by atoms with Crippen molar-refractivity contribution in [2.45, 2.75) is 38.5 Å². The predicted octanol–water partition coefficient (Wildman–Crippen LogP) is 19.4. The number of para-hydroxylation sites is 4. The van der Waals surface area contributed by atoms with E-state index in [2.05, 4.69) is 198 Å². The molecule has 0 atom stereocenters. The van der Waals surface area contributed by atoms with Crippen LogP contribution in [0.5, 0.6) is 0 Å². The monoisotopic (exact) mass is 1030 g/mol. The van der Waals surface area contributed by atoms with Crippen molar-refractivity contribution in [2.75, 3.05) is 0 Å². The summed E-state index contributed by atoms with van der Waals surface area (Å²) in [6.07, 6.45) is 0. The fraction of sp³-hybridized carbons (Fsp3) is 0.0811. The molecule has 4 aromatic heterocycles. The van der Waals surface area contributed by atoms with Crippen LogP contribution in [0.25, 0.3) is 134 Å². The Morgan fingerprint density at radius 2 is 0.662 bits per heavy atom. The van der Waals surface area contributed by atoms with Gasteiger partial charge in [0.05, 0.1) is 22.8 Å². The van der Waals surface area contributed by atoms with Crippen molar-refractivity contribution in [1.82, 2.24) is 19.9 Å². The number of aromatic nitrogens is 4. The van der Waals surface area contributed by atoms with Gasteiger partial charge in [0.25, 0.3) is 0 Å². The molecule has 14 aromatic rings. The predicted molar refractivity (Wildman–Crippen MR) is 326 cm³/mol. The first-order valence-corrected chi connectivity index (χ1v) is 27.4. The molecule has 0 radical (unpaired) electrons. The highest BCUT2D eigenvalue weighted by Crippen LogP contribution is 2.54. The SMILES string of the molecule is CC1(C)c2cc(-c3cccc4c3oc3ccccc34)ccc2-c2nc(-c3ccccc3)nc(-c3ccccc3)c21.CC1(C)c2ccc(-c3cccc4c3oc3ccccc34)cc2-c2nc(-c3ccccc3)nc(-c3ccccc3)c21. The van der Waals surface area contributed by atoms with Gasteiger partial charge in [-0.05, 0) is 46.5 Å². The van der Waals surface area contributed by atoms with Gasteiger partial charge in [-0.2, -0.15) is 0 Å². The number of hydrogen-bond acceptors (Lipinski definition) is 6. The lowest BCUT2D eigenvalue weighted by Crippen LogP contribution is -2.17. The zero-order chi connectivity index (χ0) is 53.7. The van der Waals surface area contributed by atoms with Crippen LogP contribution in [0.1, 0.15) is 49.9 Å². The number of rotatable bonds is 6. The van der Waals surface area contributed by atoms with Gasteiger partial charge >= 0.3 is 0 Å². The molecule has 0 N–H and O–H groups in total. The number of furan rings is 2. The van der Waals surface area contributed by atoms with Crippen LogP contribution in [0, 0.1) is 0 Å². The molecule has 0 saturated carbocycles. The van der Waals surface area contributed by atoms with E-state index in [1.165, 1.54) is 22.3 Å². The molecule has 0 amide bonds. The largest absolute Gasteiger partial charge is 0.455 e. The topological polar surface area (TPSA) is 77.8 Å². The van der Waals surface area contributed by atoms with E-state index < -0.39 is 0 Å². The first-order valence-electron chi connectivity index (χ1n) is 27.4. The Morgan fingerprint density at radius 3 is 1.16 bits per heavy atom. The smallest absolute Gasteiger partial charge is 0.160 e. The van der Waals surface area contributed by atoms with E-state index in [0.29, 0.717) is 0 Å². The van der Waals surface area contributed by atoms with Crippen molar-refractivity contribution in [2.24, 2.45) is 0 Å². The lowest BCUT2D eigenvalue weighted by Gasteiger charge is -2.24. The van der Waals surface area contributed by atoms with Crippen LogP contribution in [-0.4, -0.2) is 19.9 Å². The van der Waals surface area contributed by atoms with Gasteiger partial charge in [-0.15, -0.1) is 0 Å². The van der Waals surface area contributed by atoms with Crippen LogP contribution in [0.2, 0.25) is 0 Å². The Balaban J connectivity index is 0.000000138. The van der Waals surface area contributed by atoms with E-state index in [4.69, 9.17) is 28.8 Å². The Bertz CT molecular complexity index is 4750. The van der Waals surface area contributed by atoms with E-state index in [-0.39, 0.29) is 10.8 Å². The summed E-state index contributed by atoms with van der Waals surface area (Å²) in [7, 11) is 0. The molecular weight excluding hydrogens is 977 g/mol. The molecule has 4 heterocycles. The Labute approximate surface area is 463 Å². The van der Waals surface area contributed by atoms with E-state index in [9.17, 15) is 0 Å². The number of hydrogen-bond donors (Lipinski definition) is 0. The molecule has 0 fully saturated rings. The molecule has 2 aliphatic carbocycles. The first kappa shape index (κ1) is 47.2. The molecule has 0 saturated heterocycles. The summed E-state index contributed by atoms with van der Waals surface area (Å²) in [5.74, 6) is 1.49. The van der Waals surface area contributed by atoms with Gasteiger partial charge in [-0.3, -0.25) is 0 Å². The normalized spacial score (nSPS) is 13.4. The van der Waals surface area contributed by atoms with E-state index in [1.807, 2.05) is 72.8 Å². The third-order valence-electron chi connectivity index (χ3n) is 16.6. The van der Waals surface area contributed by atoms with Gasteiger partial charge < -0.3 is 8.83 Å². The maximum atomic E-state index is 6.40. The fourth-order valence-corrected chi connectivity index (χ4v) is 12.6. The minimum absolute atomic E-state index is 0.255. The minimum Gasteiger partial charge on any atom is -0.455 e. The fourth-order valence-electron chi connectivity index (χ4n) is 12.6. The van der Waals surface area contributed by atoms with Gasteiger partial charge in [-0.1, -0.05) is 246 Å². The third-order valence-corrected chi connectivity index (χ3v) is 16.6. The van der Waals surface area contributed by atoms with Gasteiger partial charge in [0.2, 0.25) is 0 Å². The van der Waals surface area contributed by atoms with Crippen molar-refractivity contribution >= 4 is 43.9 Å². The second-order valence-electron chi connectivity index (χ2n) is 22.0. The molecule has 0 bridgehead atoms. The quantitative estimate of drug-likeness (QED) is 0.165. The van der Waals surface area contributed by atoms with E-state index in [0.717, 1.165) is 134 Å². The van der Waals surface area contributed by atoms with Crippen LogP contribution in [0.4, 0.5) is 0 Å². The van der Waals surface area contributed by atoms with E-state index in [1.54, 1.807) is 0 Å². The summed E-state index contributed by atoms with van der Waals surface area (Å²) >= 11 is 0. The summed E-state index contributed by atoms with van der Waals surface area (Å²) in [5, 5.41) is 4.56. The third kappa shape index (κ3) is 7.47. The number of fused-ring (bicyclic) bond motifs is 12. The summed E-state index contributed by atoms with van der Waals surface area (Å²) < 4.78 is 12.8. The van der Waals surface area contributed by atoms with Gasteiger partial charge in [0.1, 0.15) is 22.3 Å². The van der Waals surface area contributed by atoms with Crippen LogP contribution >= 0.6 is 0 Å². The Morgan fingerprint density at radius 1 is 0.275 bits per heavy atom. The summed E-state index contributed by atoms with van der Waals surface area (Å²) in [6, 6.07) is 84.4. The highest BCUT2D eigenvalue weighted by Gasteiger charge is 2.42. The maximum Gasteiger partial charge on any atom is 0.160 e. The summed E-state index contributed by atoms with van der Waals surface area (Å²) in [5.41, 5.74) is 23.0. The van der Waals surface area contributed by atoms with Crippen molar-refractivity contribution in [3.63, 3.8) is 0 Å². The molecule has 16 rings (SSSR count). The zero-order valence-corrected chi connectivity index (χ0v) is 44.7. The number of benzene rings is 10. The average molecular weight is 1030 g/mol. The lowest BCUT2D eigenvalue weighted by atomic mass is 9.80. The van der Waals surface area contributed by atoms with Crippen molar-refractivity contribution < 1.29 is 8.83 Å². The Kier molecular flexibility index (Phi) is 10.8. The second kappa shape index (κ2) is 18.3. The minimum atomic E-state index is -0.289. The van der Waals surface area contributed by atoms with Gasteiger partial charge in [0, 0.05) is 88.0 Å². The molecular formula is C74H52N4O2. The van der Waals surface area contributed by atoms with Crippen molar-refractivity contribution in [3.8, 4) is 90.1 Å². The second-order valence-corrected chi connectivity index (χ2v) is 22.0. The van der Waals surface area contributed by atoms with Crippen molar-refractivity contribution in [3.05, 3.63) is 265 Å². The first-order chi connectivity index (χ1) is 39.2. The van der Waals surface area contributed by atoms with Crippen molar-refractivity contribution in [1.29, 1.82) is 0 Å². The summed E-state index contributed by atoms with van der Waals surface area (Å²) in [4.78, 5) is 20.8. The molecule has 80 heavy (non-hydrogen) atoms. The maximum absolute atomic E-state index is 6.40. The summed E-state index contributed by atoms with van der Waals surface area (Å²) in [6.45, 7) is 9.16. The molecule has 0 unspecified atom stereocenters. The van der Waals surface area contributed by atoms with Crippen LogP contribution in [0.15, 0.2) is 251 Å². The molecule has 0 spiro atoms. The molecule has 2 aliphatic rings. The van der Waals surface area contributed by atoms with Crippen LogP contribution in [0.3, 0.4) is 0 Å². The molecule has 0 aliphatic heterocycles. The Hall–Kier alpha value is -10.0. The van der Waals surface area contributed by atoms with Crippen LogP contribution in [-0.2, 0) is 10.8 Å². The zero-order valence-electron chi connectivity index (χ0n) is 44.7. The molecule has 10 aromatic carbocycles. The molecule has 6 heteroatoms. The number of nitrogens with zero attached hydrogens (tertiary/aromatic N) is 4.